The summed E-state index contributed by atoms with van der Waals surface area (Å²) in [5.41, 5.74) is 0.327. The minimum absolute atomic E-state index is 0.207. The highest BCUT2D eigenvalue weighted by Crippen LogP contribution is 2.41. The van der Waals surface area contributed by atoms with Crippen molar-refractivity contribution in [3.63, 3.8) is 0 Å². The van der Waals surface area contributed by atoms with Crippen LogP contribution < -0.4 is 5.32 Å². The molecule has 0 aliphatic heterocycles. The summed E-state index contributed by atoms with van der Waals surface area (Å²) in [6.45, 7) is 1.15. The number of carbonyl (C=O) groups is 2. The number of aryl methyl sites for hydroxylation is 1. The van der Waals surface area contributed by atoms with Gasteiger partial charge in [0.2, 0.25) is 0 Å². The number of aromatic nitrogens is 2. The van der Waals surface area contributed by atoms with Crippen molar-refractivity contribution < 1.29 is 19.8 Å². The topological polar surface area (TPSA) is 112 Å². The molecule has 9 heteroatoms. The second-order valence-electron chi connectivity index (χ2n) is 4.78. The molecule has 0 aliphatic carbocycles. The number of halogens is 1. The van der Waals surface area contributed by atoms with Gasteiger partial charge < -0.3 is 15.5 Å². The number of amides is 1. The van der Waals surface area contributed by atoms with E-state index in [1.54, 1.807) is 19.2 Å². The van der Waals surface area contributed by atoms with E-state index < -0.39 is 18.4 Å². The number of nitrogens with one attached hydrogen (secondary N) is 1. The number of carboxylic acids is 1. The van der Waals surface area contributed by atoms with E-state index in [0.29, 0.717) is 20.9 Å². The second kappa shape index (κ2) is 5.64. The monoisotopic (exact) mass is 351 g/mol. The molecule has 0 atom stereocenters. The van der Waals surface area contributed by atoms with E-state index >= 15 is 0 Å². The fraction of sp³-hybridized carbons (Fsp3) is 0.143. The molecule has 0 radical (unpaired) electrons. The molecular weight excluding hydrogens is 342 g/mol. The van der Waals surface area contributed by atoms with E-state index in [1.165, 1.54) is 11.3 Å². The van der Waals surface area contributed by atoms with Gasteiger partial charge in [-0.05, 0) is 13.0 Å². The van der Waals surface area contributed by atoms with Crippen LogP contribution in [0.4, 0.5) is 0 Å². The number of hydrogen-bond acceptors (Lipinski definition) is 6. The molecule has 3 rings (SSSR count). The lowest BCUT2D eigenvalue weighted by molar-refractivity contribution is -0.135. The van der Waals surface area contributed by atoms with Gasteiger partial charge in [-0.25, -0.2) is 9.97 Å². The van der Waals surface area contributed by atoms with Crippen molar-refractivity contribution in [1.82, 2.24) is 15.3 Å². The van der Waals surface area contributed by atoms with Crippen LogP contribution in [0, 0.1) is 6.92 Å². The van der Waals surface area contributed by atoms with Gasteiger partial charge in [-0.3, -0.25) is 9.59 Å². The molecule has 3 heterocycles. The van der Waals surface area contributed by atoms with Crippen LogP contribution in [0.3, 0.4) is 0 Å². The van der Waals surface area contributed by atoms with Crippen molar-refractivity contribution in [2.45, 2.75) is 6.92 Å². The van der Waals surface area contributed by atoms with Crippen molar-refractivity contribution in [3.05, 3.63) is 28.8 Å². The van der Waals surface area contributed by atoms with Crippen molar-refractivity contribution >= 4 is 55.0 Å². The van der Waals surface area contributed by atoms with E-state index in [4.69, 9.17) is 16.7 Å². The average molecular weight is 352 g/mol. The van der Waals surface area contributed by atoms with E-state index in [9.17, 15) is 14.7 Å². The summed E-state index contributed by atoms with van der Waals surface area (Å²) in [5.74, 6) is -2.22. The Labute approximate surface area is 138 Å². The number of carbonyl (C=O) groups excluding carboxylic acids is 1. The van der Waals surface area contributed by atoms with Gasteiger partial charge in [0.05, 0.1) is 9.40 Å². The lowest BCUT2D eigenvalue weighted by Gasteiger charge is -2.07. The molecule has 0 aliphatic rings. The molecule has 3 aromatic heterocycles. The Morgan fingerprint density at radius 1 is 1.43 bits per heavy atom. The molecule has 0 fully saturated rings. The van der Waals surface area contributed by atoms with Gasteiger partial charge >= 0.3 is 5.97 Å². The summed E-state index contributed by atoms with van der Waals surface area (Å²) in [6.07, 6.45) is 1.59. The Morgan fingerprint density at radius 2 is 2.17 bits per heavy atom. The number of pyridine rings is 2. The normalized spacial score (nSPS) is 11.0. The van der Waals surface area contributed by atoms with E-state index in [1.807, 2.05) is 0 Å². The molecular formula is C14H10ClN3O4S. The van der Waals surface area contributed by atoms with E-state index in [2.05, 4.69) is 15.3 Å². The van der Waals surface area contributed by atoms with Crippen LogP contribution >= 0.6 is 22.9 Å². The third-order valence-electron chi connectivity index (χ3n) is 3.24. The predicted molar refractivity (Wildman–Crippen MR) is 86.3 cm³/mol. The van der Waals surface area contributed by atoms with Crippen LogP contribution in [0.1, 0.15) is 16.2 Å². The third-order valence-corrected chi connectivity index (χ3v) is 4.59. The quantitative estimate of drug-likeness (QED) is 0.624. The predicted octanol–water partition coefficient (Wildman–Crippen LogP) is 2.33. The highest BCUT2D eigenvalue weighted by Gasteiger charge is 2.21. The first-order valence-electron chi connectivity index (χ1n) is 6.45. The summed E-state index contributed by atoms with van der Waals surface area (Å²) in [7, 11) is 0. The minimum atomic E-state index is -1.18. The molecule has 7 nitrogen and oxygen atoms in total. The molecule has 3 N–H and O–H groups in total. The maximum Gasteiger partial charge on any atom is 0.322 e. The molecule has 3 aromatic rings. The summed E-state index contributed by atoms with van der Waals surface area (Å²) < 4.78 is 1.28. The average Bonchev–Trinajstić information content (AvgIpc) is 2.87. The molecule has 0 unspecified atom stereocenters. The zero-order chi connectivity index (χ0) is 16.7. The van der Waals surface area contributed by atoms with Crippen LogP contribution in [-0.2, 0) is 4.79 Å². The SMILES string of the molecule is Cc1nc(C(=O)NCC(=O)O)c(O)c2sc3cnc(Cl)cc3c12. The van der Waals surface area contributed by atoms with Crippen LogP contribution in [0.5, 0.6) is 5.75 Å². The Kier molecular flexibility index (Phi) is 3.78. The van der Waals surface area contributed by atoms with Gasteiger partial charge in [-0.2, -0.15) is 0 Å². The minimum Gasteiger partial charge on any atom is -0.504 e. The number of aliphatic carboxylic acids is 1. The zero-order valence-electron chi connectivity index (χ0n) is 11.8. The largest absolute Gasteiger partial charge is 0.504 e. The van der Waals surface area contributed by atoms with Gasteiger partial charge in [0.25, 0.3) is 5.91 Å². The number of nitrogens with zero attached hydrogens (tertiary/aromatic N) is 2. The van der Waals surface area contributed by atoms with Gasteiger partial charge in [0.1, 0.15) is 11.7 Å². The number of rotatable bonds is 3. The zero-order valence-corrected chi connectivity index (χ0v) is 13.3. The summed E-state index contributed by atoms with van der Waals surface area (Å²) in [5, 5.41) is 23.0. The Morgan fingerprint density at radius 3 is 2.87 bits per heavy atom. The van der Waals surface area contributed by atoms with E-state index in [-0.39, 0.29) is 11.4 Å². The first kappa shape index (κ1) is 15.4. The van der Waals surface area contributed by atoms with Gasteiger partial charge in [0, 0.05) is 22.7 Å². The van der Waals surface area contributed by atoms with Crippen molar-refractivity contribution in [3.8, 4) is 5.75 Å². The highest BCUT2D eigenvalue weighted by molar-refractivity contribution is 7.26. The summed E-state index contributed by atoms with van der Waals surface area (Å²) in [4.78, 5) is 30.7. The van der Waals surface area contributed by atoms with Crippen LogP contribution in [0.15, 0.2) is 12.3 Å². The second-order valence-corrected chi connectivity index (χ2v) is 6.22. The fourth-order valence-electron chi connectivity index (χ4n) is 2.29. The maximum atomic E-state index is 12.0. The molecule has 118 valence electrons. The van der Waals surface area contributed by atoms with Gasteiger partial charge in [0.15, 0.2) is 11.4 Å². The number of thiophene rings is 1. The maximum absolute atomic E-state index is 12.0. The van der Waals surface area contributed by atoms with Gasteiger partial charge in [-0.1, -0.05) is 11.6 Å². The standard InChI is InChI=1S/C14H10ClN3O4S/c1-5-10-6-2-8(15)16-3-7(6)23-13(10)12(21)11(18-5)14(22)17-4-9(19)20/h2-3,21H,4H2,1H3,(H,17,22)(H,19,20). The Balaban J connectivity index is 2.20. The molecule has 0 saturated carbocycles. The molecule has 1 amide bonds. The Bertz CT molecular complexity index is 970. The fourth-order valence-corrected chi connectivity index (χ4v) is 3.59. The lowest BCUT2D eigenvalue weighted by atomic mass is 10.1. The number of carboxylic acid groups (broad SMARTS) is 1. The molecule has 0 bridgehead atoms. The van der Waals surface area contributed by atoms with Crippen LogP contribution in [0.25, 0.3) is 20.2 Å². The highest BCUT2D eigenvalue weighted by atomic mass is 35.5. The number of fused-ring (bicyclic) bond motifs is 3. The van der Waals surface area contributed by atoms with Crippen molar-refractivity contribution in [1.29, 1.82) is 0 Å². The smallest absolute Gasteiger partial charge is 0.322 e. The van der Waals surface area contributed by atoms with Crippen molar-refractivity contribution in [2.75, 3.05) is 6.54 Å². The summed E-state index contributed by atoms with van der Waals surface area (Å²) >= 11 is 7.17. The first-order valence-corrected chi connectivity index (χ1v) is 7.65. The van der Waals surface area contributed by atoms with Crippen molar-refractivity contribution in [2.24, 2.45) is 0 Å². The molecule has 0 spiro atoms. The third kappa shape index (κ3) is 2.66. The summed E-state index contributed by atoms with van der Waals surface area (Å²) in [6, 6.07) is 1.67. The molecule has 0 aromatic carbocycles. The number of aromatic hydroxyl groups is 1. The van der Waals surface area contributed by atoms with Crippen LogP contribution in [0.2, 0.25) is 5.15 Å². The van der Waals surface area contributed by atoms with Crippen LogP contribution in [-0.4, -0.2) is 38.6 Å². The molecule has 0 saturated heterocycles. The molecule has 23 heavy (non-hydrogen) atoms. The number of hydrogen-bond donors (Lipinski definition) is 3. The Hall–Kier alpha value is -2.45. The van der Waals surface area contributed by atoms with Gasteiger partial charge in [-0.15, -0.1) is 11.3 Å². The van der Waals surface area contributed by atoms with E-state index in [0.717, 1.165) is 10.1 Å². The first-order chi connectivity index (χ1) is 10.9. The lowest BCUT2D eigenvalue weighted by Crippen LogP contribution is -2.30.